The number of amides is 2. The van der Waals surface area contributed by atoms with E-state index >= 15 is 0 Å². The average molecular weight is 384 g/mol. The fourth-order valence-corrected chi connectivity index (χ4v) is 3.04. The van der Waals surface area contributed by atoms with E-state index in [9.17, 15) is 9.59 Å². The zero-order valence-electron chi connectivity index (χ0n) is 16.1. The lowest BCUT2D eigenvalue weighted by Gasteiger charge is -2.16. The van der Waals surface area contributed by atoms with Gasteiger partial charge in [-0.15, -0.1) is 0 Å². The molecule has 0 saturated carbocycles. The van der Waals surface area contributed by atoms with Crippen molar-refractivity contribution in [3.05, 3.63) is 48.0 Å². The van der Waals surface area contributed by atoms with Gasteiger partial charge in [-0.1, -0.05) is 6.07 Å². The molecule has 148 valence electrons. The second-order valence-electron chi connectivity index (χ2n) is 6.36. The number of hydrogen-bond acceptors (Lipinski definition) is 5. The SMILES string of the molecule is COCCOc1cc(NC(=O)c2cccc(N3CCCC3=O)c2)ccc1OC. The molecule has 1 saturated heterocycles. The van der Waals surface area contributed by atoms with Crippen LogP contribution in [0.3, 0.4) is 0 Å². The smallest absolute Gasteiger partial charge is 0.255 e. The van der Waals surface area contributed by atoms with Crippen LogP contribution >= 0.6 is 0 Å². The summed E-state index contributed by atoms with van der Waals surface area (Å²) in [7, 11) is 3.16. The summed E-state index contributed by atoms with van der Waals surface area (Å²) in [4.78, 5) is 26.3. The molecule has 0 aliphatic carbocycles. The number of carbonyl (C=O) groups is 2. The van der Waals surface area contributed by atoms with Crippen LogP contribution in [0.25, 0.3) is 0 Å². The molecule has 28 heavy (non-hydrogen) atoms. The summed E-state index contributed by atoms with van der Waals surface area (Å²) in [5.41, 5.74) is 1.81. The largest absolute Gasteiger partial charge is 0.493 e. The van der Waals surface area contributed by atoms with E-state index in [0.29, 0.717) is 48.9 Å². The van der Waals surface area contributed by atoms with Gasteiger partial charge < -0.3 is 24.4 Å². The predicted molar refractivity (Wildman–Crippen MR) is 106 cm³/mol. The van der Waals surface area contributed by atoms with Gasteiger partial charge in [-0.3, -0.25) is 9.59 Å². The van der Waals surface area contributed by atoms with Gasteiger partial charge in [0.2, 0.25) is 5.91 Å². The fraction of sp³-hybridized carbons (Fsp3) is 0.333. The van der Waals surface area contributed by atoms with E-state index in [4.69, 9.17) is 14.2 Å². The summed E-state index contributed by atoms with van der Waals surface area (Å²) in [6, 6.07) is 12.3. The van der Waals surface area contributed by atoms with Crippen molar-refractivity contribution < 1.29 is 23.8 Å². The third-order valence-electron chi connectivity index (χ3n) is 4.46. The van der Waals surface area contributed by atoms with Crippen molar-refractivity contribution in [2.45, 2.75) is 12.8 Å². The molecule has 1 heterocycles. The van der Waals surface area contributed by atoms with Crippen LogP contribution in [-0.4, -0.2) is 45.8 Å². The van der Waals surface area contributed by atoms with Gasteiger partial charge in [-0.25, -0.2) is 0 Å². The van der Waals surface area contributed by atoms with Crippen LogP contribution in [0.5, 0.6) is 11.5 Å². The molecule has 0 atom stereocenters. The third-order valence-corrected chi connectivity index (χ3v) is 4.46. The monoisotopic (exact) mass is 384 g/mol. The summed E-state index contributed by atoms with van der Waals surface area (Å²) in [6.45, 7) is 1.50. The van der Waals surface area contributed by atoms with Crippen molar-refractivity contribution in [1.29, 1.82) is 0 Å². The fourth-order valence-electron chi connectivity index (χ4n) is 3.04. The first kappa shape index (κ1) is 19.7. The molecule has 2 aromatic carbocycles. The highest BCUT2D eigenvalue weighted by molar-refractivity contribution is 6.05. The third kappa shape index (κ3) is 4.61. The number of ether oxygens (including phenoxy) is 3. The predicted octanol–water partition coefficient (Wildman–Crippen LogP) is 3.10. The minimum absolute atomic E-state index is 0.0885. The molecule has 7 nitrogen and oxygen atoms in total. The number of anilines is 2. The summed E-state index contributed by atoms with van der Waals surface area (Å²) in [5, 5.41) is 2.86. The van der Waals surface area contributed by atoms with E-state index in [1.807, 2.05) is 6.07 Å². The maximum Gasteiger partial charge on any atom is 0.255 e. The normalized spacial score (nSPS) is 13.5. The highest BCUT2D eigenvalue weighted by Gasteiger charge is 2.22. The lowest BCUT2D eigenvalue weighted by molar-refractivity contribution is -0.117. The Hall–Kier alpha value is -3.06. The minimum Gasteiger partial charge on any atom is -0.493 e. The van der Waals surface area contributed by atoms with Crippen molar-refractivity contribution in [1.82, 2.24) is 0 Å². The zero-order chi connectivity index (χ0) is 19.9. The van der Waals surface area contributed by atoms with E-state index in [1.165, 1.54) is 0 Å². The van der Waals surface area contributed by atoms with Gasteiger partial charge in [0.15, 0.2) is 11.5 Å². The summed E-state index contributed by atoms with van der Waals surface area (Å²) >= 11 is 0. The maximum atomic E-state index is 12.7. The summed E-state index contributed by atoms with van der Waals surface area (Å²) in [6.07, 6.45) is 1.39. The van der Waals surface area contributed by atoms with Crippen molar-refractivity contribution in [3.63, 3.8) is 0 Å². The van der Waals surface area contributed by atoms with Crippen LogP contribution in [0.4, 0.5) is 11.4 Å². The maximum absolute atomic E-state index is 12.7. The van der Waals surface area contributed by atoms with Gasteiger partial charge in [-0.05, 0) is 36.8 Å². The van der Waals surface area contributed by atoms with Crippen LogP contribution in [0.15, 0.2) is 42.5 Å². The van der Waals surface area contributed by atoms with E-state index in [-0.39, 0.29) is 11.8 Å². The molecule has 0 bridgehead atoms. The van der Waals surface area contributed by atoms with Gasteiger partial charge in [0, 0.05) is 43.1 Å². The number of nitrogens with zero attached hydrogens (tertiary/aromatic N) is 1. The molecule has 3 rings (SSSR count). The topological polar surface area (TPSA) is 77.1 Å². The first-order valence-electron chi connectivity index (χ1n) is 9.14. The van der Waals surface area contributed by atoms with Crippen molar-refractivity contribution in [2.75, 3.05) is 44.2 Å². The van der Waals surface area contributed by atoms with E-state index < -0.39 is 0 Å². The number of carbonyl (C=O) groups excluding carboxylic acids is 2. The van der Waals surface area contributed by atoms with Crippen LogP contribution in [0.2, 0.25) is 0 Å². The highest BCUT2D eigenvalue weighted by Crippen LogP contribution is 2.30. The Labute approximate surface area is 164 Å². The molecule has 1 aliphatic heterocycles. The summed E-state index contributed by atoms with van der Waals surface area (Å²) < 4.78 is 15.9. The van der Waals surface area contributed by atoms with E-state index in [0.717, 1.165) is 12.1 Å². The second kappa shape index (κ2) is 9.23. The lowest BCUT2D eigenvalue weighted by Crippen LogP contribution is -2.24. The number of methoxy groups -OCH3 is 2. The number of rotatable bonds is 8. The second-order valence-corrected chi connectivity index (χ2v) is 6.36. The molecule has 2 amide bonds. The Morgan fingerprint density at radius 1 is 1.11 bits per heavy atom. The van der Waals surface area contributed by atoms with Gasteiger partial charge >= 0.3 is 0 Å². The van der Waals surface area contributed by atoms with Gasteiger partial charge in [-0.2, -0.15) is 0 Å². The Kier molecular flexibility index (Phi) is 6.49. The molecule has 0 spiro atoms. The molecule has 0 unspecified atom stereocenters. The first-order valence-corrected chi connectivity index (χ1v) is 9.14. The van der Waals surface area contributed by atoms with Crippen LogP contribution in [-0.2, 0) is 9.53 Å². The van der Waals surface area contributed by atoms with Gasteiger partial charge in [0.1, 0.15) is 6.61 Å². The van der Waals surface area contributed by atoms with Crippen LogP contribution in [0, 0.1) is 0 Å². The molecule has 7 heteroatoms. The van der Waals surface area contributed by atoms with Crippen molar-refractivity contribution >= 4 is 23.2 Å². The zero-order valence-corrected chi connectivity index (χ0v) is 16.1. The van der Waals surface area contributed by atoms with Gasteiger partial charge in [0.05, 0.1) is 13.7 Å². The molecule has 1 fully saturated rings. The number of nitrogens with one attached hydrogen (secondary N) is 1. The molecule has 0 radical (unpaired) electrons. The average Bonchev–Trinajstić information content (AvgIpc) is 3.14. The molecule has 1 N–H and O–H groups in total. The van der Waals surface area contributed by atoms with Crippen molar-refractivity contribution in [3.8, 4) is 11.5 Å². The minimum atomic E-state index is -0.262. The molecular weight excluding hydrogens is 360 g/mol. The van der Waals surface area contributed by atoms with E-state index in [1.54, 1.807) is 55.5 Å². The lowest BCUT2D eigenvalue weighted by atomic mass is 10.1. The molecular formula is C21H24N2O5. The van der Waals surface area contributed by atoms with E-state index in [2.05, 4.69) is 5.32 Å². The Morgan fingerprint density at radius 3 is 2.68 bits per heavy atom. The molecule has 1 aliphatic rings. The Bertz CT molecular complexity index is 852. The first-order chi connectivity index (χ1) is 13.6. The molecule has 2 aromatic rings. The quantitative estimate of drug-likeness (QED) is 0.708. The Morgan fingerprint density at radius 2 is 1.96 bits per heavy atom. The van der Waals surface area contributed by atoms with Crippen molar-refractivity contribution in [2.24, 2.45) is 0 Å². The highest BCUT2D eigenvalue weighted by atomic mass is 16.5. The van der Waals surface area contributed by atoms with Crippen LogP contribution < -0.4 is 19.7 Å². The standard InChI is InChI=1S/C21H24N2O5/c1-26-11-12-28-19-14-16(8-9-18(19)27-2)22-21(25)15-5-3-6-17(13-15)23-10-4-7-20(23)24/h3,5-6,8-9,13-14H,4,7,10-12H2,1-2H3,(H,22,25). The molecule has 0 aromatic heterocycles. The Balaban J connectivity index is 1.73. The summed E-state index contributed by atoms with van der Waals surface area (Å²) in [5.74, 6) is 0.921. The van der Waals surface area contributed by atoms with Crippen LogP contribution in [0.1, 0.15) is 23.2 Å². The number of hydrogen-bond donors (Lipinski definition) is 1. The van der Waals surface area contributed by atoms with Gasteiger partial charge in [0.25, 0.3) is 5.91 Å². The number of benzene rings is 2.